The van der Waals surface area contributed by atoms with E-state index in [0.717, 1.165) is 0 Å². The van der Waals surface area contributed by atoms with Crippen LogP contribution in [0.1, 0.15) is 45.1 Å². The molecule has 0 radical (unpaired) electrons. The second-order valence-corrected chi connectivity index (χ2v) is 8.27. The van der Waals surface area contributed by atoms with Gasteiger partial charge < -0.3 is 15.9 Å². The van der Waals surface area contributed by atoms with Crippen LogP contribution >= 0.6 is 0 Å². The number of carbonyl (C=O) groups excluding carboxylic acids is 2. The maximum Gasteiger partial charge on any atom is 0.316 e. The van der Waals surface area contributed by atoms with E-state index in [-0.39, 0.29) is 23.4 Å². The fourth-order valence-electron chi connectivity index (χ4n) is 4.22. The minimum Gasteiger partial charge on any atom is -0.465 e. The zero-order chi connectivity index (χ0) is 22.2. The molecule has 0 bridgehead atoms. The predicted octanol–water partition coefficient (Wildman–Crippen LogP) is 2.89. The molecule has 3 N–H and O–H groups in total. The molecule has 0 saturated carbocycles. The Morgan fingerprint density at radius 1 is 1.30 bits per heavy atom. The minimum absolute atomic E-state index is 0.0971. The molecular formula is C21H24N4O5. The van der Waals surface area contributed by atoms with Gasteiger partial charge >= 0.3 is 5.97 Å². The number of nitrogens with zero attached hydrogens (tertiary/aromatic N) is 2. The number of hydrogen-bond acceptors (Lipinski definition) is 7. The Morgan fingerprint density at radius 2 is 1.93 bits per heavy atom. The van der Waals surface area contributed by atoms with Gasteiger partial charge in [-0.1, -0.05) is 26.0 Å². The van der Waals surface area contributed by atoms with Gasteiger partial charge in [0, 0.05) is 35.0 Å². The zero-order valence-electron chi connectivity index (χ0n) is 17.1. The summed E-state index contributed by atoms with van der Waals surface area (Å²) in [5, 5.41) is 19.7. The van der Waals surface area contributed by atoms with Crippen LogP contribution in [0.25, 0.3) is 0 Å². The lowest BCUT2D eigenvalue weighted by atomic mass is 9.66. The molecule has 158 valence electrons. The van der Waals surface area contributed by atoms with E-state index in [9.17, 15) is 19.7 Å². The average molecular weight is 412 g/mol. The normalized spacial score (nSPS) is 22.8. The number of carbonyl (C=O) groups is 2. The summed E-state index contributed by atoms with van der Waals surface area (Å²) in [6.07, 6.45) is 0.993. The van der Waals surface area contributed by atoms with Crippen LogP contribution in [0.5, 0.6) is 0 Å². The molecule has 1 unspecified atom stereocenters. The summed E-state index contributed by atoms with van der Waals surface area (Å²) in [6.45, 7) is 5.76. The van der Waals surface area contributed by atoms with Crippen LogP contribution in [0, 0.1) is 26.9 Å². The second kappa shape index (κ2) is 7.81. The zero-order valence-corrected chi connectivity index (χ0v) is 17.1. The molecule has 9 nitrogen and oxygen atoms in total. The van der Waals surface area contributed by atoms with E-state index in [1.54, 1.807) is 6.92 Å². The first kappa shape index (κ1) is 21.4. The first-order valence-corrected chi connectivity index (χ1v) is 9.66. The Morgan fingerprint density at radius 3 is 2.47 bits per heavy atom. The molecule has 1 amide bonds. The molecule has 1 aromatic rings. The maximum absolute atomic E-state index is 12.9. The van der Waals surface area contributed by atoms with Crippen molar-refractivity contribution in [3.05, 3.63) is 51.2 Å². The Bertz CT molecular complexity index is 991. The van der Waals surface area contributed by atoms with Crippen molar-refractivity contribution in [1.82, 2.24) is 0 Å². The quantitative estimate of drug-likeness (QED) is 0.433. The van der Waals surface area contributed by atoms with Gasteiger partial charge in [-0.2, -0.15) is 0 Å². The number of nitro groups is 1. The molecule has 1 aromatic carbocycles. The summed E-state index contributed by atoms with van der Waals surface area (Å²) in [7, 11) is 0. The van der Waals surface area contributed by atoms with Crippen LogP contribution in [-0.2, 0) is 14.3 Å². The smallest absolute Gasteiger partial charge is 0.316 e. The van der Waals surface area contributed by atoms with Crippen LogP contribution in [0.4, 0.5) is 5.69 Å². The van der Waals surface area contributed by atoms with Gasteiger partial charge in [-0.05, 0) is 30.7 Å². The van der Waals surface area contributed by atoms with Gasteiger partial charge in [0.05, 0.1) is 11.5 Å². The van der Waals surface area contributed by atoms with Crippen molar-refractivity contribution in [1.29, 1.82) is 5.41 Å². The summed E-state index contributed by atoms with van der Waals surface area (Å²) in [4.78, 5) is 40.1. The largest absolute Gasteiger partial charge is 0.465 e. The Kier molecular flexibility index (Phi) is 5.56. The average Bonchev–Trinajstić information content (AvgIpc) is 2.65. The molecule has 2 atom stereocenters. The first-order chi connectivity index (χ1) is 14.1. The number of nitrogens with one attached hydrogen (secondary N) is 1. The SMILES string of the molecule is CCOC(=O)C1C(C(N)=O)=NC2=C(C(=N)CC(C)(C)C2)[C@H]1c1ccc([N+](=O)[O-])cc1. The van der Waals surface area contributed by atoms with Crippen LogP contribution in [0.3, 0.4) is 0 Å². The number of nitrogens with two attached hydrogens (primary N) is 1. The Hall–Kier alpha value is -3.36. The monoisotopic (exact) mass is 412 g/mol. The molecule has 3 rings (SSSR count). The number of rotatable bonds is 5. The molecule has 9 heteroatoms. The highest BCUT2D eigenvalue weighted by Gasteiger charge is 2.47. The number of non-ortho nitro benzene ring substituents is 1. The van der Waals surface area contributed by atoms with E-state index >= 15 is 0 Å². The lowest BCUT2D eigenvalue weighted by Crippen LogP contribution is -2.44. The van der Waals surface area contributed by atoms with Gasteiger partial charge in [0.2, 0.25) is 0 Å². The maximum atomic E-state index is 12.9. The summed E-state index contributed by atoms with van der Waals surface area (Å²) in [6, 6.07) is 5.75. The molecule has 1 heterocycles. The minimum atomic E-state index is -1.12. The number of amides is 1. The number of primary amides is 1. The van der Waals surface area contributed by atoms with Crippen LogP contribution in [-0.4, -0.2) is 34.8 Å². The van der Waals surface area contributed by atoms with Crippen molar-refractivity contribution < 1.29 is 19.2 Å². The topological polar surface area (TPSA) is 149 Å². The molecule has 1 aliphatic heterocycles. The third-order valence-electron chi connectivity index (χ3n) is 5.39. The van der Waals surface area contributed by atoms with Gasteiger partial charge in [0.25, 0.3) is 11.6 Å². The van der Waals surface area contributed by atoms with E-state index in [1.165, 1.54) is 24.3 Å². The molecule has 1 aliphatic carbocycles. The third kappa shape index (κ3) is 3.87. The van der Waals surface area contributed by atoms with Gasteiger partial charge in [-0.15, -0.1) is 0 Å². The second-order valence-electron chi connectivity index (χ2n) is 8.27. The van der Waals surface area contributed by atoms with E-state index in [2.05, 4.69) is 4.99 Å². The first-order valence-electron chi connectivity index (χ1n) is 9.66. The highest BCUT2D eigenvalue weighted by atomic mass is 16.6. The highest BCUT2D eigenvalue weighted by Crippen LogP contribution is 2.48. The summed E-state index contributed by atoms with van der Waals surface area (Å²) in [5.74, 6) is -3.35. The predicted molar refractivity (Wildman–Crippen MR) is 110 cm³/mol. The number of allylic oxidation sites excluding steroid dienone is 2. The van der Waals surface area contributed by atoms with Crippen molar-refractivity contribution in [2.24, 2.45) is 22.1 Å². The summed E-state index contributed by atoms with van der Waals surface area (Å²) >= 11 is 0. The number of benzene rings is 1. The number of ether oxygens (including phenoxy) is 1. The van der Waals surface area contributed by atoms with Crippen molar-refractivity contribution in [2.75, 3.05) is 6.61 Å². The van der Waals surface area contributed by atoms with Crippen molar-refractivity contribution in [3.63, 3.8) is 0 Å². The molecule has 30 heavy (non-hydrogen) atoms. The number of aliphatic imine (C=N–C) groups is 1. The molecule has 2 aliphatic rings. The number of nitro benzene ring substituents is 1. The standard InChI is InChI=1S/C21H24N4O5/c1-4-30-20(27)17-15(11-5-7-12(8-6-11)25(28)29)16-13(22)9-21(2,3)10-14(16)24-18(17)19(23)26/h5-8,15,17,22H,4,9-10H2,1-3H3,(H2,23,26)/t15-,17?/m1/s1. The highest BCUT2D eigenvalue weighted by molar-refractivity contribution is 6.43. The fourth-order valence-corrected chi connectivity index (χ4v) is 4.22. The lowest BCUT2D eigenvalue weighted by molar-refractivity contribution is -0.384. The van der Waals surface area contributed by atoms with Gasteiger partial charge in [0.1, 0.15) is 11.6 Å². The van der Waals surface area contributed by atoms with Gasteiger partial charge in [-0.25, -0.2) is 0 Å². The Labute approximate surface area is 173 Å². The Balaban J connectivity index is 2.23. The molecule has 0 aromatic heterocycles. The van der Waals surface area contributed by atoms with E-state index < -0.39 is 28.6 Å². The number of esters is 1. The summed E-state index contributed by atoms with van der Waals surface area (Å²) < 4.78 is 5.20. The molecule has 0 saturated heterocycles. The van der Waals surface area contributed by atoms with Crippen molar-refractivity contribution in [2.45, 2.75) is 39.5 Å². The van der Waals surface area contributed by atoms with E-state index in [0.29, 0.717) is 35.4 Å². The molecule has 0 spiro atoms. The fraction of sp³-hybridized carbons (Fsp3) is 0.429. The van der Waals surface area contributed by atoms with Gasteiger partial charge in [0.15, 0.2) is 0 Å². The number of hydrogen-bond donors (Lipinski definition) is 2. The molecular weight excluding hydrogens is 388 g/mol. The van der Waals surface area contributed by atoms with Crippen molar-refractivity contribution in [3.8, 4) is 0 Å². The van der Waals surface area contributed by atoms with E-state index in [1.807, 2.05) is 13.8 Å². The van der Waals surface area contributed by atoms with Gasteiger partial charge in [-0.3, -0.25) is 24.7 Å². The summed E-state index contributed by atoms with van der Waals surface area (Å²) in [5.41, 5.74) is 7.13. The van der Waals surface area contributed by atoms with Crippen molar-refractivity contribution >= 4 is 29.0 Å². The van der Waals surface area contributed by atoms with Crippen LogP contribution in [0.15, 0.2) is 40.5 Å². The van der Waals surface area contributed by atoms with Crippen LogP contribution in [0.2, 0.25) is 0 Å². The third-order valence-corrected chi connectivity index (χ3v) is 5.39. The van der Waals surface area contributed by atoms with E-state index in [4.69, 9.17) is 15.9 Å². The van der Waals surface area contributed by atoms with Crippen LogP contribution < -0.4 is 5.73 Å². The molecule has 0 fully saturated rings. The lowest BCUT2D eigenvalue weighted by Gasteiger charge is -2.40.